The number of fused-ring (bicyclic) bond motifs is 1. The first kappa shape index (κ1) is 25.2. The minimum Gasteiger partial charge on any atom is -0.497 e. The van der Waals surface area contributed by atoms with E-state index in [4.69, 9.17) is 9.47 Å². The second kappa shape index (κ2) is 9.46. The molecule has 37 heavy (non-hydrogen) atoms. The monoisotopic (exact) mass is 507 g/mol. The number of carbonyl (C=O) groups excluding carboxylic acids is 3. The number of aliphatic hydroxyl groups excluding tert-OH is 1. The molecule has 0 saturated carbocycles. The first-order valence-electron chi connectivity index (χ1n) is 12.6. The number of aliphatic hydroxyl groups is 1. The molecule has 0 radical (unpaired) electrons. The van der Waals surface area contributed by atoms with Crippen molar-refractivity contribution < 1.29 is 29.0 Å². The molecule has 3 aliphatic heterocycles. The fraction of sp³-hybridized carbons (Fsp3) is 0.464. The lowest BCUT2D eigenvalue weighted by Gasteiger charge is -2.37. The van der Waals surface area contributed by atoms with E-state index in [-0.39, 0.29) is 18.4 Å². The quantitative estimate of drug-likeness (QED) is 0.501. The van der Waals surface area contributed by atoms with Gasteiger partial charge in [0, 0.05) is 12.7 Å². The summed E-state index contributed by atoms with van der Waals surface area (Å²) in [6.07, 6.45) is 1.38. The van der Waals surface area contributed by atoms with Gasteiger partial charge in [-0.05, 0) is 56.0 Å². The summed E-state index contributed by atoms with van der Waals surface area (Å²) in [5.41, 5.74) is -0.537. The van der Waals surface area contributed by atoms with Crippen molar-refractivity contribution in [1.82, 2.24) is 10.2 Å². The van der Waals surface area contributed by atoms with E-state index in [0.717, 1.165) is 5.56 Å². The molecular formula is C28H33N3O6. The first-order chi connectivity index (χ1) is 17.8. The summed E-state index contributed by atoms with van der Waals surface area (Å²) >= 11 is 0. The van der Waals surface area contributed by atoms with E-state index >= 15 is 0 Å². The van der Waals surface area contributed by atoms with Crippen molar-refractivity contribution >= 4 is 23.4 Å². The molecule has 3 saturated heterocycles. The summed E-state index contributed by atoms with van der Waals surface area (Å²) in [4.78, 5) is 42.6. The Morgan fingerprint density at radius 3 is 2.46 bits per heavy atom. The molecule has 196 valence electrons. The topological polar surface area (TPSA) is 117 Å². The van der Waals surface area contributed by atoms with Crippen molar-refractivity contribution in [3.8, 4) is 5.75 Å². The average Bonchev–Trinajstić information content (AvgIpc) is 3.48. The fourth-order valence-corrected chi connectivity index (χ4v) is 6.64. The highest BCUT2D eigenvalue weighted by molar-refractivity contribution is 6.04. The molecule has 9 heteroatoms. The van der Waals surface area contributed by atoms with Gasteiger partial charge in [0.05, 0.1) is 37.2 Å². The number of benzene rings is 2. The molecule has 3 fully saturated rings. The van der Waals surface area contributed by atoms with Gasteiger partial charge in [0.15, 0.2) is 0 Å². The molecule has 2 unspecified atom stereocenters. The third kappa shape index (κ3) is 3.97. The van der Waals surface area contributed by atoms with Crippen LogP contribution >= 0.6 is 0 Å². The molecule has 3 heterocycles. The summed E-state index contributed by atoms with van der Waals surface area (Å²) in [5, 5.41) is 16.1. The molecule has 2 aromatic carbocycles. The number of nitrogens with one attached hydrogen (secondary N) is 2. The second-order valence-corrected chi connectivity index (χ2v) is 10.3. The smallest absolute Gasteiger partial charge is 0.250 e. The van der Waals surface area contributed by atoms with Crippen LogP contribution in [0.4, 0.5) is 5.69 Å². The van der Waals surface area contributed by atoms with Gasteiger partial charge in [0.25, 0.3) is 0 Å². The number of ether oxygens (including phenoxy) is 2. The summed E-state index contributed by atoms with van der Waals surface area (Å²) in [7, 11) is 3.11. The Morgan fingerprint density at radius 1 is 1.14 bits per heavy atom. The number of methoxy groups -OCH3 is 1. The summed E-state index contributed by atoms with van der Waals surface area (Å²) in [5.74, 6) is -1.91. The standard InChI is InChI=1S/C28H33N3O6/c1-27-13-14-28(37-27)22(21(27)24(33)29-2)26(35)31(19(16-32)15-17-7-5-4-6-8-17)23(28)25(34)30-18-9-11-20(36-3)12-10-18/h4-12,19,21-23,32H,13-16H2,1-3H3,(H,29,33)(H,30,34)/t19-,21-,22+,23?,27+,28?/m1/s1. The molecule has 0 aromatic heterocycles. The molecule has 1 spiro atoms. The van der Waals surface area contributed by atoms with Gasteiger partial charge in [-0.2, -0.15) is 0 Å². The van der Waals surface area contributed by atoms with E-state index in [1.54, 1.807) is 38.4 Å². The minimum absolute atomic E-state index is 0.276. The maximum Gasteiger partial charge on any atom is 0.250 e. The van der Waals surface area contributed by atoms with Crippen LogP contribution in [0.1, 0.15) is 25.3 Å². The number of anilines is 1. The van der Waals surface area contributed by atoms with Gasteiger partial charge in [-0.3, -0.25) is 14.4 Å². The van der Waals surface area contributed by atoms with Crippen molar-refractivity contribution in [2.24, 2.45) is 11.8 Å². The number of amides is 3. The Hall–Kier alpha value is -3.43. The molecule has 3 amide bonds. The maximum absolute atomic E-state index is 14.1. The van der Waals surface area contributed by atoms with Crippen molar-refractivity contribution in [3.05, 3.63) is 60.2 Å². The maximum atomic E-state index is 14.1. The molecule has 2 bridgehead atoms. The lowest BCUT2D eigenvalue weighted by atomic mass is 9.66. The Kier molecular flexibility index (Phi) is 6.45. The van der Waals surface area contributed by atoms with E-state index in [2.05, 4.69) is 10.6 Å². The molecule has 0 aliphatic carbocycles. The van der Waals surface area contributed by atoms with E-state index in [1.807, 2.05) is 37.3 Å². The van der Waals surface area contributed by atoms with E-state index in [0.29, 0.717) is 30.7 Å². The molecule has 3 aliphatic rings. The van der Waals surface area contributed by atoms with Crippen LogP contribution in [0.5, 0.6) is 5.75 Å². The van der Waals surface area contributed by atoms with Crippen molar-refractivity contribution in [1.29, 1.82) is 0 Å². The van der Waals surface area contributed by atoms with Gasteiger partial charge in [-0.25, -0.2) is 0 Å². The predicted molar refractivity (Wildman–Crippen MR) is 136 cm³/mol. The van der Waals surface area contributed by atoms with Crippen LogP contribution in [0.25, 0.3) is 0 Å². The van der Waals surface area contributed by atoms with Gasteiger partial charge < -0.3 is 30.1 Å². The average molecular weight is 508 g/mol. The highest BCUT2D eigenvalue weighted by Gasteiger charge is 2.78. The molecular weight excluding hydrogens is 474 g/mol. The molecule has 5 rings (SSSR count). The van der Waals surface area contributed by atoms with Crippen molar-refractivity contribution in [2.75, 3.05) is 26.1 Å². The first-order valence-corrected chi connectivity index (χ1v) is 12.6. The summed E-state index contributed by atoms with van der Waals surface area (Å²) < 4.78 is 11.8. The highest BCUT2D eigenvalue weighted by Crippen LogP contribution is 2.63. The number of carbonyl (C=O) groups is 3. The van der Waals surface area contributed by atoms with E-state index < -0.39 is 41.0 Å². The third-order valence-corrected chi connectivity index (χ3v) is 8.27. The summed E-state index contributed by atoms with van der Waals surface area (Å²) in [6, 6.07) is 14.8. The van der Waals surface area contributed by atoms with Gasteiger partial charge in [-0.1, -0.05) is 30.3 Å². The predicted octanol–water partition coefficient (Wildman–Crippen LogP) is 1.75. The Bertz CT molecular complexity index is 1190. The normalized spacial score (nSPS) is 30.6. The minimum atomic E-state index is -1.16. The van der Waals surface area contributed by atoms with Crippen molar-refractivity contribution in [3.63, 3.8) is 0 Å². The van der Waals surface area contributed by atoms with Crippen molar-refractivity contribution in [2.45, 2.75) is 49.5 Å². The third-order valence-electron chi connectivity index (χ3n) is 8.27. The van der Waals surface area contributed by atoms with E-state index in [1.165, 1.54) is 4.90 Å². The lowest BCUT2D eigenvalue weighted by Crippen LogP contribution is -2.57. The Labute approximate surface area is 216 Å². The highest BCUT2D eigenvalue weighted by atomic mass is 16.5. The van der Waals surface area contributed by atoms with Gasteiger partial charge in [-0.15, -0.1) is 0 Å². The number of rotatable bonds is 8. The van der Waals surface area contributed by atoms with Gasteiger partial charge in [0.2, 0.25) is 17.7 Å². The van der Waals surface area contributed by atoms with Gasteiger partial charge in [0.1, 0.15) is 17.4 Å². The van der Waals surface area contributed by atoms with Crippen LogP contribution in [0, 0.1) is 11.8 Å². The molecule has 9 nitrogen and oxygen atoms in total. The zero-order chi connectivity index (χ0) is 26.4. The molecule has 3 N–H and O–H groups in total. The van der Waals surface area contributed by atoms with Crippen LogP contribution < -0.4 is 15.4 Å². The molecule has 2 aromatic rings. The Morgan fingerprint density at radius 2 is 1.84 bits per heavy atom. The number of hydrogen-bond donors (Lipinski definition) is 3. The van der Waals surface area contributed by atoms with Crippen LogP contribution in [0.3, 0.4) is 0 Å². The van der Waals surface area contributed by atoms with Crippen LogP contribution in [0.2, 0.25) is 0 Å². The van der Waals surface area contributed by atoms with Crippen LogP contribution in [-0.2, 0) is 25.5 Å². The van der Waals surface area contributed by atoms with Crippen LogP contribution in [0.15, 0.2) is 54.6 Å². The number of nitrogens with zero attached hydrogens (tertiary/aromatic N) is 1. The lowest BCUT2D eigenvalue weighted by molar-refractivity contribution is -0.147. The largest absolute Gasteiger partial charge is 0.497 e. The van der Waals surface area contributed by atoms with Gasteiger partial charge >= 0.3 is 0 Å². The van der Waals surface area contributed by atoms with E-state index in [9.17, 15) is 19.5 Å². The zero-order valence-electron chi connectivity index (χ0n) is 21.3. The number of hydrogen-bond acceptors (Lipinski definition) is 6. The zero-order valence-corrected chi connectivity index (χ0v) is 21.3. The second-order valence-electron chi connectivity index (χ2n) is 10.3. The fourth-order valence-electron chi connectivity index (χ4n) is 6.64. The SMILES string of the molecule is CNC(=O)[C@H]1[C@H]2C(=O)N([C@@H](CO)Cc3ccccc3)C(C(=O)Nc3ccc(OC)cc3)C23CC[C@]1(C)O3. The Balaban J connectivity index is 1.55. The number of likely N-dealkylation sites (tertiary alicyclic amines) is 1. The summed E-state index contributed by atoms with van der Waals surface area (Å²) in [6.45, 7) is 1.52. The molecule has 6 atom stereocenters. The van der Waals surface area contributed by atoms with Crippen LogP contribution in [-0.4, -0.2) is 71.8 Å².